The molecule has 1 amide bonds. The Bertz CT molecular complexity index is 1790. The zero-order valence-corrected chi connectivity index (χ0v) is 35.2. The van der Waals surface area contributed by atoms with E-state index in [4.69, 9.17) is 28.9 Å². The Morgan fingerprint density at radius 1 is 1.03 bits per heavy atom. The van der Waals surface area contributed by atoms with Crippen molar-refractivity contribution >= 4 is 11.8 Å². The van der Waals surface area contributed by atoms with Crippen LogP contribution < -0.4 is 9.47 Å². The topological polar surface area (TPSA) is 122 Å². The second-order valence-corrected chi connectivity index (χ2v) is 17.1. The Kier molecular flexibility index (Phi) is 15.3. The van der Waals surface area contributed by atoms with Gasteiger partial charge in [-0.2, -0.15) is 0 Å². The zero-order valence-electron chi connectivity index (χ0n) is 35.2. The van der Waals surface area contributed by atoms with E-state index in [9.17, 15) is 19.4 Å². The maximum Gasteiger partial charge on any atom is 0.410 e. The molecule has 322 valence electrons. The summed E-state index contributed by atoms with van der Waals surface area (Å²) in [5.41, 5.74) is 2.68. The summed E-state index contributed by atoms with van der Waals surface area (Å²) in [5.74, 6) is -1.02. The van der Waals surface area contributed by atoms with Crippen LogP contribution in [0.1, 0.15) is 89.2 Å². The van der Waals surface area contributed by atoms with Crippen LogP contribution in [-0.2, 0) is 20.9 Å². The second-order valence-electron chi connectivity index (χ2n) is 17.1. The van der Waals surface area contributed by atoms with Gasteiger partial charge in [0, 0.05) is 57.3 Å². The van der Waals surface area contributed by atoms with Crippen LogP contribution in [0.15, 0.2) is 84.6 Å². The smallest absolute Gasteiger partial charge is 0.410 e. The maximum atomic E-state index is 14.5. The van der Waals surface area contributed by atoms with Crippen molar-refractivity contribution in [3.05, 3.63) is 96.4 Å². The molecule has 0 aromatic heterocycles. The van der Waals surface area contributed by atoms with Crippen LogP contribution in [0.4, 0.5) is 9.18 Å². The molecule has 59 heavy (non-hydrogen) atoms. The number of amides is 1. The first-order valence-electron chi connectivity index (χ1n) is 21.4. The SMILES string of the molecule is C=CCCOC(=O)N(Cc1ccc(F)cc1)[C@H]1CC(=NOC(C)(C)C)C2=C[C@H](CCCCO)[C@@H](CCCCO)[C@@H]3c4cc(OCCN5CC5)ccc4O[C@@]1(OCC=C)[C@H]23. The number of benzene rings is 2. The number of ether oxygens (including phenoxy) is 4. The molecule has 0 spiro atoms. The van der Waals surface area contributed by atoms with Crippen molar-refractivity contribution in [3.63, 3.8) is 0 Å². The Hall–Kier alpha value is -4.23. The van der Waals surface area contributed by atoms with Crippen molar-refractivity contribution in [1.82, 2.24) is 9.80 Å². The molecule has 2 aromatic carbocycles. The number of hydrogen-bond acceptors (Lipinski definition) is 10. The predicted molar refractivity (Wildman–Crippen MR) is 226 cm³/mol. The molecule has 4 aliphatic rings. The molecule has 0 bridgehead atoms. The van der Waals surface area contributed by atoms with E-state index in [0.717, 1.165) is 62.2 Å². The second kappa shape index (κ2) is 20.4. The van der Waals surface area contributed by atoms with Crippen molar-refractivity contribution in [3.8, 4) is 11.5 Å². The number of aliphatic hydroxyl groups excluding tert-OH is 2. The Labute approximate surface area is 349 Å². The molecule has 12 heteroatoms. The highest BCUT2D eigenvalue weighted by Gasteiger charge is 2.65. The van der Waals surface area contributed by atoms with Crippen molar-refractivity contribution in [2.75, 3.05) is 52.7 Å². The molecule has 2 N–H and O–H groups in total. The Balaban J connectivity index is 1.58. The molecule has 0 unspecified atom stereocenters. The first-order valence-corrected chi connectivity index (χ1v) is 21.4. The summed E-state index contributed by atoms with van der Waals surface area (Å²) in [4.78, 5) is 24.7. The van der Waals surface area contributed by atoms with E-state index in [1.807, 2.05) is 32.9 Å². The summed E-state index contributed by atoms with van der Waals surface area (Å²) in [5, 5.41) is 24.7. The van der Waals surface area contributed by atoms with E-state index in [1.54, 1.807) is 29.2 Å². The number of nitrogens with zero attached hydrogens (tertiary/aromatic N) is 3. The number of carbonyl (C=O) groups excluding carboxylic acids is 1. The fourth-order valence-electron chi connectivity index (χ4n) is 8.92. The van der Waals surface area contributed by atoms with Gasteiger partial charge in [0.1, 0.15) is 35.6 Å². The third-order valence-corrected chi connectivity index (χ3v) is 11.7. The van der Waals surface area contributed by atoms with Gasteiger partial charge in [0.25, 0.3) is 0 Å². The van der Waals surface area contributed by atoms with Crippen LogP contribution in [0.5, 0.6) is 11.5 Å². The lowest BCUT2D eigenvalue weighted by atomic mass is 9.55. The number of hydrogen-bond donors (Lipinski definition) is 2. The Morgan fingerprint density at radius 2 is 1.78 bits per heavy atom. The lowest BCUT2D eigenvalue weighted by Gasteiger charge is -2.60. The standard InChI is InChI=1S/C47H64FN3O8/c1-6-8-27-56-45(54)51(32-33-15-17-35(48)18-16-33)42-31-40(49-59-46(3,4)5)38-29-34(13-9-11-24-52)37(14-10-12-25-53)43-39-30-36(55-28-23-50-21-22-50)19-20-41(39)58-47(42,44(38)43)57-26-7-2/h6-7,15-20,29-30,34,37,42-44,52-53H,1-2,8-14,21-28,31-32H2,3-5H3/t34-,37+,42-,43+,44+,47+/m0/s1. The molecule has 1 saturated heterocycles. The van der Waals surface area contributed by atoms with Gasteiger partial charge in [-0.05, 0) is 106 Å². The molecule has 2 heterocycles. The maximum absolute atomic E-state index is 14.5. The van der Waals surface area contributed by atoms with Gasteiger partial charge in [0.05, 0.1) is 24.8 Å². The third kappa shape index (κ3) is 10.9. The number of carbonyl (C=O) groups is 1. The number of allylic oxidation sites excluding steroid dienone is 1. The predicted octanol–water partition coefficient (Wildman–Crippen LogP) is 8.17. The average Bonchev–Trinajstić information content (AvgIpc) is 4.05. The van der Waals surface area contributed by atoms with Crippen molar-refractivity contribution in [2.45, 2.75) is 102 Å². The summed E-state index contributed by atoms with van der Waals surface area (Å²) < 4.78 is 40.9. The van der Waals surface area contributed by atoms with Crippen LogP contribution in [0.25, 0.3) is 0 Å². The van der Waals surface area contributed by atoms with E-state index >= 15 is 0 Å². The molecule has 6 rings (SSSR count). The molecule has 0 radical (unpaired) electrons. The molecule has 1 saturated carbocycles. The monoisotopic (exact) mass is 817 g/mol. The van der Waals surface area contributed by atoms with E-state index in [-0.39, 0.29) is 63.0 Å². The highest BCUT2D eigenvalue weighted by Crippen LogP contribution is 2.62. The first kappa shape index (κ1) is 44.3. The van der Waals surface area contributed by atoms with Crippen LogP contribution in [0.2, 0.25) is 0 Å². The number of fused-ring (bicyclic) bond motifs is 2. The third-order valence-electron chi connectivity index (χ3n) is 11.7. The van der Waals surface area contributed by atoms with Gasteiger partial charge in [-0.15, -0.1) is 13.2 Å². The van der Waals surface area contributed by atoms with E-state index in [2.05, 4.69) is 30.2 Å². The van der Waals surface area contributed by atoms with Gasteiger partial charge >= 0.3 is 6.09 Å². The van der Waals surface area contributed by atoms with Crippen molar-refractivity contribution < 1.29 is 43.2 Å². The number of oxime groups is 1. The van der Waals surface area contributed by atoms with Crippen LogP contribution in [-0.4, -0.2) is 102 Å². The normalized spacial score (nSPS) is 25.2. The van der Waals surface area contributed by atoms with Crippen LogP contribution >= 0.6 is 0 Å². The molecule has 2 aromatic rings. The highest BCUT2D eigenvalue weighted by molar-refractivity contribution is 6.03. The van der Waals surface area contributed by atoms with Gasteiger partial charge in [-0.25, -0.2) is 9.18 Å². The van der Waals surface area contributed by atoms with E-state index in [0.29, 0.717) is 42.9 Å². The van der Waals surface area contributed by atoms with Gasteiger partial charge in [0.15, 0.2) is 0 Å². The summed E-state index contributed by atoms with van der Waals surface area (Å²) in [6.07, 6.45) is 10.4. The summed E-state index contributed by atoms with van der Waals surface area (Å²) in [6.45, 7) is 17.8. The van der Waals surface area contributed by atoms with Gasteiger partial charge < -0.3 is 34.0 Å². The lowest BCUT2D eigenvalue weighted by molar-refractivity contribution is -0.256. The molecule has 2 fully saturated rings. The minimum atomic E-state index is -1.47. The van der Waals surface area contributed by atoms with Gasteiger partial charge in [0.2, 0.25) is 5.79 Å². The average molecular weight is 818 g/mol. The van der Waals surface area contributed by atoms with Crippen LogP contribution in [0.3, 0.4) is 0 Å². The number of rotatable bonds is 22. The summed E-state index contributed by atoms with van der Waals surface area (Å²) in [7, 11) is 0. The van der Waals surface area contributed by atoms with E-state index < -0.39 is 29.4 Å². The Morgan fingerprint density at radius 3 is 2.46 bits per heavy atom. The number of unbranched alkanes of at least 4 members (excludes halogenated alkanes) is 2. The van der Waals surface area contributed by atoms with Crippen LogP contribution in [0, 0.1) is 23.6 Å². The quantitative estimate of drug-likeness (QED) is 0.0525. The molecule has 6 atom stereocenters. The number of halogens is 1. The fraction of sp³-hybridized carbons (Fsp3) is 0.574. The molecule has 2 aliphatic heterocycles. The van der Waals surface area contributed by atoms with Crippen molar-refractivity contribution in [1.29, 1.82) is 0 Å². The molecule has 2 aliphatic carbocycles. The number of aliphatic hydroxyl groups is 2. The van der Waals surface area contributed by atoms with E-state index in [1.165, 1.54) is 12.1 Å². The lowest BCUT2D eigenvalue weighted by Crippen LogP contribution is -2.70. The molecular weight excluding hydrogens is 754 g/mol. The minimum absolute atomic E-state index is 0.0600. The highest BCUT2D eigenvalue weighted by atomic mass is 19.1. The molecule has 11 nitrogen and oxygen atoms in total. The zero-order chi connectivity index (χ0) is 42.0. The summed E-state index contributed by atoms with van der Waals surface area (Å²) in [6, 6.07) is 11.3. The first-order chi connectivity index (χ1) is 28.5. The summed E-state index contributed by atoms with van der Waals surface area (Å²) >= 11 is 0. The van der Waals surface area contributed by atoms with Gasteiger partial charge in [-0.3, -0.25) is 9.80 Å². The van der Waals surface area contributed by atoms with Gasteiger partial charge in [-0.1, -0.05) is 48.4 Å². The fourth-order valence-corrected chi connectivity index (χ4v) is 8.92. The minimum Gasteiger partial charge on any atom is -0.492 e. The molecular formula is C47H64FN3O8. The van der Waals surface area contributed by atoms with Crippen molar-refractivity contribution in [2.24, 2.45) is 22.9 Å². The largest absolute Gasteiger partial charge is 0.492 e.